The Morgan fingerprint density at radius 3 is 2.41 bits per heavy atom. The Balaban J connectivity index is 1.30. The number of rotatable bonds is 7. The van der Waals surface area contributed by atoms with Gasteiger partial charge in [0, 0.05) is 32.7 Å². The molecule has 0 aromatic heterocycles. The van der Waals surface area contributed by atoms with Crippen LogP contribution in [0.5, 0.6) is 5.75 Å². The third-order valence-corrected chi connectivity index (χ3v) is 5.73. The van der Waals surface area contributed by atoms with Crippen LogP contribution in [0.25, 0.3) is 6.08 Å². The van der Waals surface area contributed by atoms with E-state index in [0.29, 0.717) is 6.54 Å². The molecule has 3 amide bonds. The summed E-state index contributed by atoms with van der Waals surface area (Å²) in [6, 6.07) is 16.8. The van der Waals surface area contributed by atoms with Gasteiger partial charge in [0.25, 0.3) is 5.91 Å². The van der Waals surface area contributed by atoms with E-state index in [1.807, 2.05) is 54.6 Å². The van der Waals surface area contributed by atoms with Gasteiger partial charge in [-0.1, -0.05) is 42.5 Å². The number of amides is 3. The fourth-order valence-corrected chi connectivity index (χ4v) is 4.08. The zero-order valence-corrected chi connectivity index (χ0v) is 18.1. The summed E-state index contributed by atoms with van der Waals surface area (Å²) in [5.74, 6) is 0.429. The smallest absolute Gasteiger partial charge is 0.329 e. The molecule has 0 radical (unpaired) electrons. The molecule has 1 unspecified atom stereocenters. The van der Waals surface area contributed by atoms with Crippen LogP contribution in [0.3, 0.4) is 0 Å². The van der Waals surface area contributed by atoms with E-state index < -0.39 is 18.0 Å². The first-order valence-corrected chi connectivity index (χ1v) is 10.7. The summed E-state index contributed by atoms with van der Waals surface area (Å²) in [5, 5.41) is 13.2. The number of ether oxygens (including phenoxy) is 1. The second-order valence-electron chi connectivity index (χ2n) is 7.93. The Morgan fingerprint density at radius 1 is 1.00 bits per heavy atom. The molecule has 0 bridgehead atoms. The number of benzene rings is 2. The number of methoxy groups -OCH3 is 1. The number of anilines is 1. The van der Waals surface area contributed by atoms with Gasteiger partial charge < -0.3 is 20.1 Å². The number of nitrogens with one attached hydrogen (secondary N) is 1. The van der Waals surface area contributed by atoms with Crippen LogP contribution in [0.1, 0.15) is 5.56 Å². The lowest BCUT2D eigenvalue weighted by molar-refractivity contribution is -0.124. The maximum Gasteiger partial charge on any atom is 0.329 e. The van der Waals surface area contributed by atoms with E-state index in [2.05, 4.69) is 15.1 Å². The van der Waals surface area contributed by atoms with Crippen LogP contribution in [-0.2, 0) is 4.79 Å². The molecule has 0 spiro atoms. The van der Waals surface area contributed by atoms with Crippen LogP contribution in [0.4, 0.5) is 10.5 Å². The van der Waals surface area contributed by atoms with Crippen LogP contribution >= 0.6 is 0 Å². The molecular formula is C24H28N4O4. The average Bonchev–Trinajstić information content (AvgIpc) is 3.07. The predicted molar refractivity (Wildman–Crippen MR) is 122 cm³/mol. The molecule has 8 heteroatoms. The van der Waals surface area contributed by atoms with E-state index in [4.69, 9.17) is 4.74 Å². The highest BCUT2D eigenvalue weighted by Crippen LogP contribution is 2.28. The summed E-state index contributed by atoms with van der Waals surface area (Å²) in [6.45, 7) is 3.52. The quantitative estimate of drug-likeness (QED) is 0.508. The molecule has 0 aliphatic carbocycles. The fourth-order valence-electron chi connectivity index (χ4n) is 4.08. The van der Waals surface area contributed by atoms with Crippen molar-refractivity contribution in [2.75, 3.05) is 51.3 Å². The van der Waals surface area contributed by atoms with Gasteiger partial charge in [0.05, 0.1) is 25.4 Å². The predicted octanol–water partition coefficient (Wildman–Crippen LogP) is 1.77. The number of hydrogen-bond donors (Lipinski definition) is 2. The Hall–Kier alpha value is -3.36. The first-order valence-electron chi connectivity index (χ1n) is 10.7. The van der Waals surface area contributed by atoms with Crippen molar-refractivity contribution in [3.63, 3.8) is 0 Å². The van der Waals surface area contributed by atoms with Crippen molar-refractivity contribution < 1.29 is 19.4 Å². The number of aliphatic hydroxyl groups excluding tert-OH is 1. The molecule has 2 fully saturated rings. The van der Waals surface area contributed by atoms with Crippen molar-refractivity contribution in [2.45, 2.75) is 6.10 Å². The van der Waals surface area contributed by atoms with Crippen molar-refractivity contribution in [2.24, 2.45) is 0 Å². The number of piperazine rings is 1. The zero-order valence-electron chi connectivity index (χ0n) is 18.1. The molecule has 2 aromatic rings. The first kappa shape index (κ1) is 21.9. The van der Waals surface area contributed by atoms with Gasteiger partial charge in [-0.05, 0) is 23.8 Å². The van der Waals surface area contributed by atoms with Crippen molar-refractivity contribution in [3.8, 4) is 5.75 Å². The van der Waals surface area contributed by atoms with Crippen molar-refractivity contribution in [3.05, 3.63) is 65.9 Å². The summed E-state index contributed by atoms with van der Waals surface area (Å²) < 4.78 is 5.46. The van der Waals surface area contributed by atoms with Gasteiger partial charge in [-0.25, -0.2) is 4.79 Å². The van der Waals surface area contributed by atoms with Crippen molar-refractivity contribution in [1.29, 1.82) is 0 Å². The van der Waals surface area contributed by atoms with E-state index in [1.165, 1.54) is 0 Å². The van der Waals surface area contributed by atoms with E-state index in [0.717, 1.165) is 48.1 Å². The first-order chi connectivity index (χ1) is 15.5. The topological polar surface area (TPSA) is 85.3 Å². The second kappa shape index (κ2) is 9.84. The van der Waals surface area contributed by atoms with E-state index in [1.54, 1.807) is 13.2 Å². The minimum atomic E-state index is -0.821. The zero-order chi connectivity index (χ0) is 22.5. The maximum absolute atomic E-state index is 12.6. The highest BCUT2D eigenvalue weighted by molar-refractivity contribution is 6.14. The van der Waals surface area contributed by atoms with E-state index >= 15 is 0 Å². The van der Waals surface area contributed by atoms with Gasteiger partial charge in [0.15, 0.2) is 0 Å². The summed E-state index contributed by atoms with van der Waals surface area (Å²) in [6.07, 6.45) is 0.822. The van der Waals surface area contributed by atoms with Crippen LogP contribution in [0, 0.1) is 0 Å². The molecule has 2 heterocycles. The van der Waals surface area contributed by atoms with Gasteiger partial charge in [-0.2, -0.15) is 0 Å². The molecule has 8 nitrogen and oxygen atoms in total. The lowest BCUT2D eigenvalue weighted by Gasteiger charge is -2.37. The minimum absolute atomic E-state index is 0.0382. The molecule has 2 aliphatic heterocycles. The number of hydrogen-bond acceptors (Lipinski definition) is 6. The third kappa shape index (κ3) is 4.92. The molecule has 2 saturated heterocycles. The van der Waals surface area contributed by atoms with Gasteiger partial charge in [0.1, 0.15) is 11.4 Å². The van der Waals surface area contributed by atoms with Crippen molar-refractivity contribution >= 4 is 23.7 Å². The van der Waals surface area contributed by atoms with Gasteiger partial charge >= 0.3 is 6.03 Å². The minimum Gasteiger partial charge on any atom is -0.495 e. The number of carbonyl (C=O) groups is 2. The normalized spacial score (nSPS) is 19.4. The van der Waals surface area contributed by atoms with E-state index in [-0.39, 0.29) is 12.2 Å². The molecule has 0 saturated carbocycles. The monoisotopic (exact) mass is 436 g/mol. The molecular weight excluding hydrogens is 408 g/mol. The fraction of sp³-hybridized carbons (Fsp3) is 0.333. The summed E-state index contributed by atoms with van der Waals surface area (Å²) in [4.78, 5) is 30.4. The van der Waals surface area contributed by atoms with E-state index in [9.17, 15) is 14.7 Å². The average molecular weight is 437 g/mol. The Morgan fingerprint density at radius 2 is 1.69 bits per heavy atom. The molecule has 168 valence electrons. The van der Waals surface area contributed by atoms with Crippen LogP contribution in [-0.4, -0.2) is 79.3 Å². The third-order valence-electron chi connectivity index (χ3n) is 5.73. The molecule has 1 atom stereocenters. The Kier molecular flexibility index (Phi) is 6.72. The molecule has 32 heavy (non-hydrogen) atoms. The number of aliphatic hydroxyl groups is 1. The lowest BCUT2D eigenvalue weighted by atomic mass is 10.2. The summed E-state index contributed by atoms with van der Waals surface area (Å²) in [5.41, 5.74) is 2.11. The molecule has 2 aromatic carbocycles. The number of urea groups is 1. The SMILES string of the molecule is COc1ccccc1N1CCN(CC(O)CN2C(=O)N/C(=C\c3ccccc3)C2=O)CC1. The van der Waals surface area contributed by atoms with Crippen LogP contribution < -0.4 is 15.0 Å². The number of carbonyl (C=O) groups excluding carboxylic acids is 2. The Labute approximate surface area is 187 Å². The lowest BCUT2D eigenvalue weighted by Crippen LogP contribution is -2.50. The molecule has 2 N–H and O–H groups in total. The highest BCUT2D eigenvalue weighted by atomic mass is 16.5. The number of nitrogens with zero attached hydrogens (tertiary/aromatic N) is 3. The molecule has 4 rings (SSSR count). The number of imide groups is 1. The Bertz CT molecular complexity index is 987. The molecule has 2 aliphatic rings. The van der Waals surface area contributed by atoms with Crippen LogP contribution in [0.15, 0.2) is 60.3 Å². The van der Waals surface area contributed by atoms with Gasteiger partial charge in [-0.15, -0.1) is 0 Å². The summed E-state index contributed by atoms with van der Waals surface area (Å²) >= 11 is 0. The highest BCUT2D eigenvalue weighted by Gasteiger charge is 2.35. The van der Waals surface area contributed by atoms with Crippen molar-refractivity contribution in [1.82, 2.24) is 15.1 Å². The van der Waals surface area contributed by atoms with Crippen LogP contribution in [0.2, 0.25) is 0 Å². The summed E-state index contributed by atoms with van der Waals surface area (Å²) in [7, 11) is 1.67. The van der Waals surface area contributed by atoms with Gasteiger partial charge in [-0.3, -0.25) is 14.6 Å². The largest absolute Gasteiger partial charge is 0.495 e. The standard InChI is InChI=1S/C24H28N4O4/c1-32-22-10-6-5-9-21(22)27-13-11-26(12-14-27)16-19(29)17-28-23(30)20(25-24(28)31)15-18-7-3-2-4-8-18/h2-10,15,19,29H,11-14,16-17H2,1H3,(H,25,31)/b20-15-. The number of β-amino-alcohol motifs (C(OH)–C–C–N with tert-alkyl or cyclic N) is 1. The number of para-hydroxylation sites is 2. The second-order valence-corrected chi connectivity index (χ2v) is 7.93. The maximum atomic E-state index is 12.6. The van der Waals surface area contributed by atoms with Gasteiger partial charge in [0.2, 0.25) is 0 Å².